The normalized spacial score (nSPS) is 11.2. The van der Waals surface area contributed by atoms with Crippen LogP contribution in [0.5, 0.6) is 0 Å². The number of amides is 1. The predicted octanol–water partition coefficient (Wildman–Crippen LogP) is 2.51. The van der Waals surface area contributed by atoms with Gasteiger partial charge >= 0.3 is 0 Å². The van der Waals surface area contributed by atoms with Gasteiger partial charge in [0.05, 0.1) is 0 Å². The first kappa shape index (κ1) is 14.3. The second kappa shape index (κ2) is 7.54. The van der Waals surface area contributed by atoms with Crippen molar-refractivity contribution in [3.05, 3.63) is 41.6 Å². The van der Waals surface area contributed by atoms with Crippen molar-refractivity contribution in [1.29, 1.82) is 0 Å². The van der Waals surface area contributed by atoms with Gasteiger partial charge in [0.1, 0.15) is 5.70 Å². The van der Waals surface area contributed by atoms with Gasteiger partial charge in [0.2, 0.25) is 0 Å². The van der Waals surface area contributed by atoms with Crippen molar-refractivity contribution in [2.45, 2.75) is 20.8 Å². The van der Waals surface area contributed by atoms with Crippen LogP contribution in [0, 0.1) is 0 Å². The number of hydrogen-bond donors (Lipinski definition) is 1. The van der Waals surface area contributed by atoms with Crippen LogP contribution in [0.4, 0.5) is 0 Å². The second-order valence-electron chi connectivity index (χ2n) is 3.97. The lowest BCUT2D eigenvalue weighted by Gasteiger charge is -2.23. The van der Waals surface area contributed by atoms with E-state index in [1.54, 1.807) is 0 Å². The summed E-state index contributed by atoms with van der Waals surface area (Å²) < 4.78 is 0. The first-order chi connectivity index (χ1) is 8.72. The van der Waals surface area contributed by atoms with Crippen molar-refractivity contribution in [2.24, 2.45) is 0 Å². The van der Waals surface area contributed by atoms with Gasteiger partial charge in [-0.3, -0.25) is 4.79 Å². The third-order valence-electron chi connectivity index (χ3n) is 2.78. The van der Waals surface area contributed by atoms with Crippen molar-refractivity contribution in [1.82, 2.24) is 10.2 Å². The molecule has 0 radical (unpaired) electrons. The zero-order valence-electron chi connectivity index (χ0n) is 11.4. The van der Waals surface area contributed by atoms with Crippen LogP contribution in [0.15, 0.2) is 36.0 Å². The summed E-state index contributed by atoms with van der Waals surface area (Å²) in [5, 5.41) is 2.87. The van der Waals surface area contributed by atoms with Crippen LogP contribution in [0.25, 0.3) is 6.08 Å². The fourth-order valence-electron chi connectivity index (χ4n) is 1.82. The lowest BCUT2D eigenvalue weighted by atomic mass is 10.1. The third kappa shape index (κ3) is 3.91. The molecule has 1 rings (SSSR count). The maximum Gasteiger partial charge on any atom is 0.267 e. The zero-order chi connectivity index (χ0) is 13.4. The minimum Gasteiger partial charge on any atom is -0.368 e. The van der Waals surface area contributed by atoms with Crippen LogP contribution in [-0.4, -0.2) is 30.4 Å². The molecule has 0 aliphatic heterocycles. The summed E-state index contributed by atoms with van der Waals surface area (Å²) in [5.41, 5.74) is 1.78. The largest absolute Gasteiger partial charge is 0.368 e. The van der Waals surface area contributed by atoms with Crippen LogP contribution < -0.4 is 5.32 Å². The smallest absolute Gasteiger partial charge is 0.267 e. The third-order valence-corrected chi connectivity index (χ3v) is 2.78. The molecule has 1 amide bonds. The summed E-state index contributed by atoms with van der Waals surface area (Å²) in [6.45, 7) is 8.34. The molecule has 0 saturated carbocycles. The molecule has 3 heteroatoms. The average molecular weight is 246 g/mol. The van der Waals surface area contributed by atoms with E-state index in [0.29, 0.717) is 6.54 Å². The van der Waals surface area contributed by atoms with Gasteiger partial charge in [0.25, 0.3) is 5.91 Å². The molecule has 0 aromatic heterocycles. The van der Waals surface area contributed by atoms with Gasteiger partial charge < -0.3 is 10.2 Å². The van der Waals surface area contributed by atoms with E-state index in [-0.39, 0.29) is 5.91 Å². The highest BCUT2D eigenvalue weighted by atomic mass is 16.2. The fraction of sp³-hybridized carbons (Fsp3) is 0.400. The number of nitrogens with zero attached hydrogens (tertiary/aromatic N) is 1. The summed E-state index contributed by atoms with van der Waals surface area (Å²) in [4.78, 5) is 14.2. The number of carbonyl (C=O) groups is 1. The number of hydrogen-bond acceptors (Lipinski definition) is 2. The maximum atomic E-state index is 12.1. The molecule has 0 saturated heterocycles. The number of carbonyl (C=O) groups excluding carboxylic acids is 1. The quantitative estimate of drug-likeness (QED) is 0.782. The highest BCUT2D eigenvalue weighted by molar-refractivity contribution is 5.97. The summed E-state index contributed by atoms with van der Waals surface area (Å²) in [6, 6.07) is 9.93. The molecule has 0 spiro atoms. The van der Waals surface area contributed by atoms with Crippen molar-refractivity contribution in [3.63, 3.8) is 0 Å². The monoisotopic (exact) mass is 246 g/mol. The molecule has 0 fully saturated rings. The van der Waals surface area contributed by atoms with Gasteiger partial charge in [0, 0.05) is 19.6 Å². The van der Waals surface area contributed by atoms with Crippen LogP contribution in [0.2, 0.25) is 0 Å². The Balaban J connectivity index is 3.03. The highest BCUT2D eigenvalue weighted by Crippen LogP contribution is 2.11. The van der Waals surface area contributed by atoms with Crippen LogP contribution >= 0.6 is 0 Å². The molecule has 1 aromatic carbocycles. The van der Waals surface area contributed by atoms with E-state index in [9.17, 15) is 4.79 Å². The van der Waals surface area contributed by atoms with E-state index in [2.05, 4.69) is 24.1 Å². The SMILES string of the molecule is CCNC(=O)C(=Cc1ccccc1)N(CC)CC. The number of likely N-dealkylation sites (N-methyl/N-ethyl adjacent to an activating group) is 2. The molecule has 0 heterocycles. The van der Waals surface area contributed by atoms with Crippen LogP contribution in [0.3, 0.4) is 0 Å². The minimum atomic E-state index is -0.00921. The molecular formula is C15H22N2O. The van der Waals surface area contributed by atoms with E-state index in [1.165, 1.54) is 0 Å². The highest BCUT2D eigenvalue weighted by Gasteiger charge is 2.14. The lowest BCUT2D eigenvalue weighted by molar-refractivity contribution is -0.118. The fourth-order valence-corrected chi connectivity index (χ4v) is 1.82. The Morgan fingerprint density at radius 1 is 1.17 bits per heavy atom. The van der Waals surface area contributed by atoms with Crippen molar-refractivity contribution >= 4 is 12.0 Å². The molecule has 98 valence electrons. The van der Waals surface area contributed by atoms with Gasteiger partial charge in [0.15, 0.2) is 0 Å². The Kier molecular flexibility index (Phi) is 5.98. The predicted molar refractivity (Wildman–Crippen MR) is 76.0 cm³/mol. The average Bonchev–Trinajstić information content (AvgIpc) is 2.40. The van der Waals surface area contributed by atoms with Crippen molar-refractivity contribution in [2.75, 3.05) is 19.6 Å². The molecule has 1 aromatic rings. The van der Waals surface area contributed by atoms with E-state index in [1.807, 2.05) is 43.3 Å². The molecule has 18 heavy (non-hydrogen) atoms. The number of nitrogens with one attached hydrogen (secondary N) is 1. The first-order valence-corrected chi connectivity index (χ1v) is 6.52. The summed E-state index contributed by atoms with van der Waals surface area (Å²) in [6.07, 6.45) is 1.94. The van der Waals surface area contributed by atoms with Crippen LogP contribution in [-0.2, 0) is 4.79 Å². The first-order valence-electron chi connectivity index (χ1n) is 6.52. The second-order valence-corrected chi connectivity index (χ2v) is 3.97. The summed E-state index contributed by atoms with van der Waals surface area (Å²) >= 11 is 0. The van der Waals surface area contributed by atoms with Gasteiger partial charge in [-0.15, -0.1) is 0 Å². The number of rotatable bonds is 6. The lowest BCUT2D eigenvalue weighted by Crippen LogP contribution is -2.34. The molecular weight excluding hydrogens is 224 g/mol. The Morgan fingerprint density at radius 3 is 2.28 bits per heavy atom. The Labute approximate surface area is 109 Å². The summed E-state index contributed by atoms with van der Waals surface area (Å²) in [7, 11) is 0. The van der Waals surface area contributed by atoms with Gasteiger partial charge in [-0.05, 0) is 32.4 Å². The molecule has 0 unspecified atom stereocenters. The molecule has 0 aliphatic rings. The molecule has 3 nitrogen and oxygen atoms in total. The standard InChI is InChI=1S/C15H22N2O/c1-4-16-15(18)14(17(5-2)6-3)12-13-10-8-7-9-11-13/h7-12H,4-6H2,1-3H3,(H,16,18). The van der Waals surface area contributed by atoms with Crippen LogP contribution in [0.1, 0.15) is 26.3 Å². The maximum absolute atomic E-state index is 12.1. The van der Waals surface area contributed by atoms with E-state index >= 15 is 0 Å². The van der Waals surface area contributed by atoms with Crippen molar-refractivity contribution in [3.8, 4) is 0 Å². The minimum absolute atomic E-state index is 0.00921. The number of benzene rings is 1. The topological polar surface area (TPSA) is 32.3 Å². The Morgan fingerprint density at radius 2 is 1.78 bits per heavy atom. The summed E-state index contributed by atoms with van der Waals surface area (Å²) in [5.74, 6) is -0.00921. The Hall–Kier alpha value is -1.77. The molecule has 1 N–H and O–H groups in total. The van der Waals surface area contributed by atoms with E-state index in [4.69, 9.17) is 0 Å². The van der Waals surface area contributed by atoms with E-state index < -0.39 is 0 Å². The van der Waals surface area contributed by atoms with Crippen molar-refractivity contribution < 1.29 is 4.79 Å². The zero-order valence-corrected chi connectivity index (χ0v) is 11.4. The van der Waals surface area contributed by atoms with E-state index in [0.717, 1.165) is 24.4 Å². The van der Waals surface area contributed by atoms with Gasteiger partial charge in [-0.1, -0.05) is 30.3 Å². The molecule has 0 aliphatic carbocycles. The van der Waals surface area contributed by atoms with Gasteiger partial charge in [-0.25, -0.2) is 0 Å². The molecule has 0 atom stereocenters. The van der Waals surface area contributed by atoms with Gasteiger partial charge in [-0.2, -0.15) is 0 Å². The molecule has 0 bridgehead atoms. The Bertz CT molecular complexity index is 394.